The van der Waals surface area contributed by atoms with Gasteiger partial charge in [-0.25, -0.2) is 8.42 Å². The van der Waals surface area contributed by atoms with Gasteiger partial charge in [0.15, 0.2) is 11.5 Å². The largest absolute Gasteiger partial charge is 0.493 e. The van der Waals surface area contributed by atoms with Crippen LogP contribution < -0.4 is 9.47 Å². The van der Waals surface area contributed by atoms with Crippen LogP contribution in [0.4, 0.5) is 0 Å². The normalized spacial score (nSPS) is 18.3. The number of methoxy groups -OCH3 is 2. The van der Waals surface area contributed by atoms with Crippen LogP contribution >= 0.6 is 23.2 Å². The molecule has 0 saturated carbocycles. The van der Waals surface area contributed by atoms with E-state index in [2.05, 4.69) is 0 Å². The van der Waals surface area contributed by atoms with Crippen molar-refractivity contribution in [3.63, 3.8) is 0 Å². The molecule has 0 aromatic heterocycles. The predicted molar refractivity (Wildman–Crippen MR) is 103 cm³/mol. The van der Waals surface area contributed by atoms with Crippen LogP contribution in [0.25, 0.3) is 0 Å². The zero-order valence-electron chi connectivity index (χ0n) is 14.8. The fourth-order valence-electron chi connectivity index (χ4n) is 2.93. The molecule has 1 fully saturated rings. The lowest BCUT2D eigenvalue weighted by Gasteiger charge is -2.32. The van der Waals surface area contributed by atoms with Crippen LogP contribution in [0, 0.1) is 0 Å². The van der Waals surface area contributed by atoms with E-state index in [1.54, 1.807) is 24.3 Å². The molecule has 0 aliphatic carbocycles. The number of benzene rings is 2. The highest BCUT2D eigenvalue weighted by atomic mass is 35.5. The van der Waals surface area contributed by atoms with Crippen molar-refractivity contribution in [3.8, 4) is 11.5 Å². The van der Waals surface area contributed by atoms with Crippen molar-refractivity contribution in [2.24, 2.45) is 0 Å². The molecule has 0 spiro atoms. The number of rotatable bonds is 5. The molecule has 9 heteroatoms. The molecule has 0 N–H and O–H groups in total. The fourth-order valence-corrected chi connectivity index (χ4v) is 4.92. The number of halogens is 2. The first-order valence-electron chi connectivity index (χ1n) is 8.15. The summed E-state index contributed by atoms with van der Waals surface area (Å²) in [5, 5.41) is 0.946. The smallest absolute Gasteiger partial charge is 0.243 e. The summed E-state index contributed by atoms with van der Waals surface area (Å²) in [6.07, 6.45) is -0.454. The molecular weight excluding hydrogens is 413 g/mol. The van der Waals surface area contributed by atoms with E-state index in [0.717, 1.165) is 5.56 Å². The van der Waals surface area contributed by atoms with Crippen LogP contribution in [-0.2, 0) is 14.8 Å². The molecule has 6 nitrogen and oxygen atoms in total. The van der Waals surface area contributed by atoms with E-state index >= 15 is 0 Å². The van der Waals surface area contributed by atoms with Crippen molar-refractivity contribution < 1.29 is 22.6 Å². The van der Waals surface area contributed by atoms with Gasteiger partial charge >= 0.3 is 0 Å². The highest BCUT2D eigenvalue weighted by Gasteiger charge is 2.32. The minimum atomic E-state index is -3.73. The number of hydrogen-bond donors (Lipinski definition) is 0. The summed E-state index contributed by atoms with van der Waals surface area (Å²) in [5.74, 6) is 0.815. The maximum atomic E-state index is 13.1. The molecular formula is C18H19Cl2NO5S. The zero-order chi connectivity index (χ0) is 19.6. The van der Waals surface area contributed by atoms with Crippen molar-refractivity contribution in [1.29, 1.82) is 0 Å². The van der Waals surface area contributed by atoms with E-state index in [1.165, 1.54) is 30.7 Å². The van der Waals surface area contributed by atoms with Gasteiger partial charge in [-0.2, -0.15) is 4.31 Å². The van der Waals surface area contributed by atoms with Crippen molar-refractivity contribution in [2.75, 3.05) is 33.9 Å². The Balaban J connectivity index is 1.88. The molecule has 2 aromatic rings. The second kappa shape index (κ2) is 8.24. The number of hydrogen-bond acceptors (Lipinski definition) is 5. The van der Waals surface area contributed by atoms with Crippen LogP contribution in [0.1, 0.15) is 11.7 Å². The van der Waals surface area contributed by atoms with E-state index in [-0.39, 0.29) is 24.6 Å². The minimum Gasteiger partial charge on any atom is -0.493 e. The Labute approximate surface area is 168 Å². The monoisotopic (exact) mass is 431 g/mol. The summed E-state index contributed by atoms with van der Waals surface area (Å²) < 4.78 is 43.7. The topological polar surface area (TPSA) is 65.1 Å². The predicted octanol–water partition coefficient (Wildman–Crippen LogP) is 3.77. The first-order chi connectivity index (χ1) is 12.8. The summed E-state index contributed by atoms with van der Waals surface area (Å²) in [4.78, 5) is 0.130. The summed E-state index contributed by atoms with van der Waals surface area (Å²) >= 11 is 12.1. The van der Waals surface area contributed by atoms with Gasteiger partial charge in [-0.15, -0.1) is 0 Å². The van der Waals surface area contributed by atoms with Gasteiger partial charge in [0.25, 0.3) is 0 Å². The molecule has 3 rings (SSSR count). The van der Waals surface area contributed by atoms with E-state index in [1.807, 2.05) is 0 Å². The van der Waals surface area contributed by atoms with Crippen LogP contribution in [0.3, 0.4) is 0 Å². The van der Waals surface area contributed by atoms with Gasteiger partial charge in [0.1, 0.15) is 0 Å². The Morgan fingerprint density at radius 3 is 2.33 bits per heavy atom. The van der Waals surface area contributed by atoms with Crippen molar-refractivity contribution in [3.05, 3.63) is 52.0 Å². The molecule has 1 heterocycles. The van der Waals surface area contributed by atoms with Crippen LogP contribution in [-0.4, -0.2) is 46.6 Å². The SMILES string of the molecule is COc1ccc(S(=O)(=O)N2CCOC(c3cc(Cl)cc(Cl)c3)C2)cc1OC. The zero-order valence-corrected chi connectivity index (χ0v) is 17.1. The lowest BCUT2D eigenvalue weighted by atomic mass is 10.1. The molecule has 1 unspecified atom stereocenters. The van der Waals surface area contributed by atoms with E-state index < -0.39 is 16.1 Å². The number of sulfonamides is 1. The molecule has 2 aromatic carbocycles. The van der Waals surface area contributed by atoms with Gasteiger partial charge in [-0.05, 0) is 35.9 Å². The quantitative estimate of drug-likeness (QED) is 0.720. The minimum absolute atomic E-state index is 0.130. The second-order valence-electron chi connectivity index (χ2n) is 5.94. The summed E-state index contributed by atoms with van der Waals surface area (Å²) in [7, 11) is -0.774. The van der Waals surface area contributed by atoms with E-state index in [9.17, 15) is 8.42 Å². The Morgan fingerprint density at radius 2 is 1.70 bits per heavy atom. The Kier molecular flexibility index (Phi) is 6.18. The Hall–Kier alpha value is -1.51. The van der Waals surface area contributed by atoms with Crippen molar-refractivity contribution >= 4 is 33.2 Å². The fraction of sp³-hybridized carbons (Fsp3) is 0.333. The van der Waals surface area contributed by atoms with Crippen molar-refractivity contribution in [1.82, 2.24) is 4.31 Å². The lowest BCUT2D eigenvalue weighted by Crippen LogP contribution is -2.42. The van der Waals surface area contributed by atoms with Crippen molar-refractivity contribution in [2.45, 2.75) is 11.0 Å². The van der Waals surface area contributed by atoms with Gasteiger partial charge < -0.3 is 14.2 Å². The standard InChI is InChI=1S/C18H19Cl2NO5S/c1-24-16-4-3-15(10-17(16)25-2)27(22,23)21-5-6-26-18(11-21)12-7-13(19)9-14(20)8-12/h3-4,7-10,18H,5-6,11H2,1-2H3. The second-order valence-corrected chi connectivity index (χ2v) is 8.75. The first kappa shape index (κ1) is 20.2. The average Bonchev–Trinajstić information content (AvgIpc) is 2.66. The van der Waals surface area contributed by atoms with E-state index in [0.29, 0.717) is 21.5 Å². The lowest BCUT2D eigenvalue weighted by molar-refractivity contribution is -0.00255. The highest BCUT2D eigenvalue weighted by molar-refractivity contribution is 7.89. The Bertz CT molecular complexity index is 915. The van der Waals surface area contributed by atoms with Gasteiger partial charge in [-0.3, -0.25) is 0 Å². The molecule has 1 aliphatic heterocycles. The molecule has 27 heavy (non-hydrogen) atoms. The third-order valence-electron chi connectivity index (χ3n) is 4.28. The maximum absolute atomic E-state index is 13.1. The summed E-state index contributed by atoms with van der Waals surface area (Å²) in [6.45, 7) is 0.677. The molecule has 1 saturated heterocycles. The molecule has 1 atom stereocenters. The number of nitrogens with zero attached hydrogens (tertiary/aromatic N) is 1. The van der Waals surface area contributed by atoms with Gasteiger partial charge in [0.05, 0.1) is 31.8 Å². The molecule has 0 amide bonds. The van der Waals surface area contributed by atoms with Gasteiger partial charge in [0, 0.05) is 29.2 Å². The van der Waals surface area contributed by atoms with Crippen LogP contribution in [0.15, 0.2) is 41.3 Å². The number of ether oxygens (including phenoxy) is 3. The van der Waals surface area contributed by atoms with Crippen LogP contribution in [0.5, 0.6) is 11.5 Å². The number of morpholine rings is 1. The van der Waals surface area contributed by atoms with Gasteiger partial charge in [-0.1, -0.05) is 23.2 Å². The Morgan fingerprint density at radius 1 is 1.04 bits per heavy atom. The molecule has 0 bridgehead atoms. The first-order valence-corrected chi connectivity index (χ1v) is 10.3. The van der Waals surface area contributed by atoms with E-state index in [4.69, 9.17) is 37.4 Å². The molecule has 0 radical (unpaired) electrons. The summed E-state index contributed by atoms with van der Waals surface area (Å²) in [6, 6.07) is 9.59. The third kappa shape index (κ3) is 4.33. The molecule has 146 valence electrons. The maximum Gasteiger partial charge on any atom is 0.243 e. The van der Waals surface area contributed by atoms with Gasteiger partial charge in [0.2, 0.25) is 10.0 Å². The molecule has 1 aliphatic rings. The third-order valence-corrected chi connectivity index (χ3v) is 6.58. The highest BCUT2D eigenvalue weighted by Crippen LogP contribution is 2.33. The van der Waals surface area contributed by atoms with Crippen LogP contribution in [0.2, 0.25) is 10.0 Å². The summed E-state index contributed by atoms with van der Waals surface area (Å²) in [5.41, 5.74) is 0.736. The average molecular weight is 432 g/mol.